The molecule has 3 rings (SSSR count). The van der Waals surface area contributed by atoms with Crippen molar-refractivity contribution in [2.75, 3.05) is 0 Å². The second kappa shape index (κ2) is 5.16. The average Bonchev–Trinajstić information content (AvgIpc) is 3.07. The number of halogens is 1. The quantitative estimate of drug-likeness (QED) is 0.699. The normalized spacial score (nSPS) is 10.8. The Bertz CT molecular complexity index is 744. The van der Waals surface area contributed by atoms with Crippen LogP contribution in [-0.2, 0) is 0 Å². The minimum Gasteiger partial charge on any atom is -0.478 e. The molecule has 0 atom stereocenters. The largest absolute Gasteiger partial charge is 0.478 e. The number of hydrogen-bond acceptors (Lipinski definition) is 5. The minimum atomic E-state index is -0.904. The van der Waals surface area contributed by atoms with Crippen LogP contribution in [0.15, 0.2) is 32.1 Å². The number of carbonyl (C=O) groups is 1. The molecule has 0 aromatic carbocycles. The lowest BCUT2D eigenvalue weighted by molar-refractivity contribution is 0.0697. The molecule has 19 heavy (non-hydrogen) atoms. The molecular formula is C12H6BrNO2S3. The molecular weight excluding hydrogens is 366 g/mol. The van der Waals surface area contributed by atoms with Crippen molar-refractivity contribution in [3.05, 3.63) is 37.6 Å². The highest BCUT2D eigenvalue weighted by Gasteiger charge is 2.13. The first-order valence-corrected chi connectivity index (χ1v) is 8.64. The number of hydrogen-bond donors (Lipinski definition) is 1. The van der Waals surface area contributed by atoms with Gasteiger partial charge in [-0.25, -0.2) is 9.78 Å². The average molecular weight is 372 g/mol. The summed E-state index contributed by atoms with van der Waals surface area (Å²) in [5.74, 6) is -0.904. The predicted octanol–water partition coefficient (Wildman–Crippen LogP) is 5.06. The fraction of sp³-hybridized carbons (Fsp3) is 0. The zero-order valence-corrected chi connectivity index (χ0v) is 13.3. The highest BCUT2D eigenvalue weighted by Crippen LogP contribution is 2.36. The molecule has 0 unspecified atom stereocenters. The summed E-state index contributed by atoms with van der Waals surface area (Å²) in [7, 11) is 0. The number of aromatic nitrogens is 1. The lowest BCUT2D eigenvalue weighted by Crippen LogP contribution is -1.91. The molecule has 0 aliphatic carbocycles. The van der Waals surface area contributed by atoms with E-state index in [1.807, 2.05) is 16.1 Å². The Morgan fingerprint density at radius 3 is 2.68 bits per heavy atom. The molecule has 0 radical (unpaired) electrons. The van der Waals surface area contributed by atoms with Gasteiger partial charge in [-0.1, -0.05) is 0 Å². The van der Waals surface area contributed by atoms with E-state index in [4.69, 9.17) is 5.11 Å². The molecule has 0 aliphatic rings. The van der Waals surface area contributed by atoms with Crippen LogP contribution in [0.4, 0.5) is 0 Å². The molecule has 3 aromatic rings. The minimum absolute atomic E-state index is 0.311. The molecule has 7 heteroatoms. The zero-order chi connectivity index (χ0) is 13.4. The summed E-state index contributed by atoms with van der Waals surface area (Å²) in [5.41, 5.74) is 2.22. The van der Waals surface area contributed by atoms with E-state index in [0.29, 0.717) is 5.56 Å². The molecule has 0 fully saturated rings. The van der Waals surface area contributed by atoms with E-state index >= 15 is 0 Å². The van der Waals surface area contributed by atoms with E-state index in [1.54, 1.807) is 34.1 Å². The molecule has 0 saturated carbocycles. The fourth-order valence-corrected chi connectivity index (χ4v) is 4.97. The van der Waals surface area contributed by atoms with Crippen LogP contribution in [0.3, 0.4) is 0 Å². The van der Waals surface area contributed by atoms with Crippen molar-refractivity contribution in [1.82, 2.24) is 4.98 Å². The van der Waals surface area contributed by atoms with Crippen LogP contribution in [0.5, 0.6) is 0 Å². The van der Waals surface area contributed by atoms with Crippen LogP contribution in [-0.4, -0.2) is 16.1 Å². The Morgan fingerprint density at radius 2 is 2.05 bits per heavy atom. The highest BCUT2D eigenvalue weighted by atomic mass is 79.9. The van der Waals surface area contributed by atoms with Gasteiger partial charge in [0.25, 0.3) is 0 Å². The Balaban J connectivity index is 1.97. The third-order valence-corrected chi connectivity index (χ3v) is 5.98. The van der Waals surface area contributed by atoms with Gasteiger partial charge < -0.3 is 5.11 Å². The van der Waals surface area contributed by atoms with Crippen molar-refractivity contribution in [3.63, 3.8) is 0 Å². The van der Waals surface area contributed by atoms with Crippen LogP contribution in [0.2, 0.25) is 0 Å². The lowest BCUT2D eigenvalue weighted by atomic mass is 10.3. The predicted molar refractivity (Wildman–Crippen MR) is 83.4 cm³/mol. The van der Waals surface area contributed by atoms with Crippen molar-refractivity contribution in [1.29, 1.82) is 0 Å². The molecule has 0 spiro atoms. The van der Waals surface area contributed by atoms with Gasteiger partial charge in [-0.05, 0) is 22.0 Å². The van der Waals surface area contributed by atoms with E-state index in [2.05, 4.69) is 20.9 Å². The second-order valence-corrected chi connectivity index (χ2v) is 7.04. The number of carboxylic acid groups (broad SMARTS) is 1. The molecule has 0 amide bonds. The molecule has 1 N–H and O–H groups in total. The summed E-state index contributed by atoms with van der Waals surface area (Å²) in [6.45, 7) is 0. The summed E-state index contributed by atoms with van der Waals surface area (Å²) in [6.07, 6.45) is 0. The third-order valence-electron chi connectivity index (χ3n) is 2.45. The molecule has 3 nitrogen and oxygen atoms in total. The van der Waals surface area contributed by atoms with Crippen LogP contribution < -0.4 is 0 Å². The second-order valence-electron chi connectivity index (χ2n) is 3.68. The van der Waals surface area contributed by atoms with E-state index in [-0.39, 0.29) is 0 Å². The third kappa shape index (κ3) is 2.51. The number of carboxylic acids is 1. The topological polar surface area (TPSA) is 50.2 Å². The van der Waals surface area contributed by atoms with E-state index in [0.717, 1.165) is 25.6 Å². The maximum Gasteiger partial charge on any atom is 0.336 e. The van der Waals surface area contributed by atoms with Gasteiger partial charge in [0.05, 0.1) is 16.1 Å². The zero-order valence-electron chi connectivity index (χ0n) is 9.29. The molecule has 96 valence electrons. The van der Waals surface area contributed by atoms with Crippen LogP contribution in [0, 0.1) is 0 Å². The van der Waals surface area contributed by atoms with Gasteiger partial charge >= 0.3 is 5.97 Å². The summed E-state index contributed by atoms with van der Waals surface area (Å²) < 4.78 is 1.04. The van der Waals surface area contributed by atoms with Gasteiger partial charge in [0, 0.05) is 31.6 Å². The fourth-order valence-electron chi connectivity index (χ4n) is 1.53. The van der Waals surface area contributed by atoms with Crippen molar-refractivity contribution in [3.8, 4) is 21.1 Å². The maximum atomic E-state index is 10.9. The Kier molecular flexibility index (Phi) is 3.53. The number of aromatic carboxylic acids is 1. The number of nitrogens with zero attached hydrogens (tertiary/aromatic N) is 1. The standard InChI is InChI=1S/C12H6BrNO2S3/c13-8-4-17-3-7(8)11-14-9(5-19-11)10-1-6(2-18-10)12(15)16/h1-5H,(H,15,16). The highest BCUT2D eigenvalue weighted by molar-refractivity contribution is 9.10. The van der Waals surface area contributed by atoms with Gasteiger partial charge in [0.15, 0.2) is 0 Å². The van der Waals surface area contributed by atoms with Crippen molar-refractivity contribution in [2.24, 2.45) is 0 Å². The first-order valence-electron chi connectivity index (χ1n) is 5.15. The molecule has 0 saturated heterocycles. The van der Waals surface area contributed by atoms with Gasteiger partial charge in [-0.3, -0.25) is 0 Å². The lowest BCUT2D eigenvalue weighted by Gasteiger charge is -1.91. The van der Waals surface area contributed by atoms with Crippen molar-refractivity contribution >= 4 is 55.9 Å². The van der Waals surface area contributed by atoms with Gasteiger partial charge in [-0.2, -0.15) is 11.3 Å². The number of rotatable bonds is 3. The summed E-state index contributed by atoms with van der Waals surface area (Å²) >= 11 is 8.07. The van der Waals surface area contributed by atoms with Gasteiger partial charge in [0.2, 0.25) is 0 Å². The SMILES string of the molecule is O=C(O)c1csc(-c2csc(-c3cscc3Br)n2)c1. The summed E-state index contributed by atoms with van der Waals surface area (Å²) in [4.78, 5) is 16.3. The van der Waals surface area contributed by atoms with Gasteiger partial charge in [0.1, 0.15) is 5.01 Å². The van der Waals surface area contributed by atoms with Crippen LogP contribution in [0.25, 0.3) is 21.1 Å². The summed E-state index contributed by atoms with van der Waals surface area (Å²) in [5, 5.41) is 17.5. The van der Waals surface area contributed by atoms with Crippen molar-refractivity contribution in [2.45, 2.75) is 0 Å². The molecule has 3 heterocycles. The van der Waals surface area contributed by atoms with E-state index < -0.39 is 5.97 Å². The number of thiophene rings is 2. The first kappa shape index (κ1) is 13.0. The smallest absolute Gasteiger partial charge is 0.336 e. The van der Waals surface area contributed by atoms with E-state index in [1.165, 1.54) is 11.3 Å². The number of thiazole rings is 1. The maximum absolute atomic E-state index is 10.9. The first-order chi connectivity index (χ1) is 9.15. The Labute approximate surface area is 129 Å². The summed E-state index contributed by atoms with van der Waals surface area (Å²) in [6, 6.07) is 1.66. The van der Waals surface area contributed by atoms with E-state index in [9.17, 15) is 4.79 Å². The van der Waals surface area contributed by atoms with Crippen LogP contribution >= 0.6 is 49.9 Å². The van der Waals surface area contributed by atoms with Gasteiger partial charge in [-0.15, -0.1) is 22.7 Å². The monoisotopic (exact) mass is 371 g/mol. The Morgan fingerprint density at radius 1 is 1.21 bits per heavy atom. The molecule has 0 bridgehead atoms. The Hall–Kier alpha value is -1.02. The van der Waals surface area contributed by atoms with Crippen LogP contribution in [0.1, 0.15) is 10.4 Å². The van der Waals surface area contributed by atoms with Crippen molar-refractivity contribution < 1.29 is 9.90 Å². The molecule has 0 aliphatic heterocycles. The molecule has 3 aromatic heterocycles.